The van der Waals surface area contributed by atoms with Gasteiger partial charge in [-0.15, -0.1) is 0 Å². The monoisotopic (exact) mass is 446 g/mol. The number of carbonyl (C=O) groups is 1. The molecule has 1 fully saturated rings. The topological polar surface area (TPSA) is 41.6 Å². The van der Waals surface area contributed by atoms with Crippen molar-refractivity contribution < 1.29 is 9.53 Å². The highest BCUT2D eigenvalue weighted by Crippen LogP contribution is 2.52. The summed E-state index contributed by atoms with van der Waals surface area (Å²) in [5, 5.41) is 7.14. The standard InChI is InChI=1S/C27H30N2O2S/c1-19-7-3-4-8-20(19)17-29-14-12-27(13-15-29)23-10-6-5-9-22(23)24(25(27)31-2)28-26(30)21-11-16-32-18-21/h3-11,16,18,24-25H,12-15,17H2,1-2H3,(H,28,30)/t24-,25+/m1/s1. The van der Waals surface area contributed by atoms with Gasteiger partial charge in [0.2, 0.25) is 0 Å². The smallest absolute Gasteiger partial charge is 0.252 e. The number of nitrogens with zero attached hydrogens (tertiary/aromatic N) is 1. The first-order valence-corrected chi connectivity index (χ1v) is 12.3. The number of rotatable bonds is 5. The minimum absolute atomic E-state index is 0.0258. The van der Waals surface area contributed by atoms with Crippen LogP contribution in [0.4, 0.5) is 0 Å². The number of amides is 1. The van der Waals surface area contributed by atoms with Crippen molar-refractivity contribution in [3.63, 3.8) is 0 Å². The van der Waals surface area contributed by atoms with Crippen LogP contribution in [0.1, 0.15) is 51.5 Å². The summed E-state index contributed by atoms with van der Waals surface area (Å²) in [6.45, 7) is 5.22. The van der Waals surface area contributed by atoms with Gasteiger partial charge in [-0.3, -0.25) is 9.69 Å². The van der Waals surface area contributed by atoms with E-state index in [9.17, 15) is 4.79 Å². The van der Waals surface area contributed by atoms with E-state index in [1.807, 2.05) is 16.8 Å². The Morgan fingerprint density at radius 1 is 1.12 bits per heavy atom. The first kappa shape index (κ1) is 21.4. The minimum Gasteiger partial charge on any atom is -0.378 e. The fourth-order valence-electron chi connectivity index (χ4n) is 5.68. The molecule has 5 rings (SSSR count). The molecule has 0 unspecified atom stereocenters. The van der Waals surface area contributed by atoms with Crippen LogP contribution < -0.4 is 5.32 Å². The first-order valence-electron chi connectivity index (χ1n) is 11.3. The number of fused-ring (bicyclic) bond motifs is 2. The van der Waals surface area contributed by atoms with E-state index in [0.717, 1.165) is 38.0 Å². The molecular formula is C27H30N2O2S. The second kappa shape index (κ2) is 8.81. The summed E-state index contributed by atoms with van der Waals surface area (Å²) in [6.07, 6.45) is 1.99. The molecular weight excluding hydrogens is 416 g/mol. The summed E-state index contributed by atoms with van der Waals surface area (Å²) in [5.74, 6) is -0.0258. The van der Waals surface area contributed by atoms with Crippen LogP contribution in [0.25, 0.3) is 0 Å². The van der Waals surface area contributed by atoms with Gasteiger partial charge in [-0.1, -0.05) is 48.5 Å². The largest absolute Gasteiger partial charge is 0.378 e. The Balaban J connectivity index is 1.39. The Hall–Kier alpha value is -2.47. The average Bonchev–Trinajstić information content (AvgIpc) is 3.44. The lowest BCUT2D eigenvalue weighted by Gasteiger charge is -2.44. The number of methoxy groups -OCH3 is 1. The molecule has 2 aromatic carbocycles. The second-order valence-corrected chi connectivity index (χ2v) is 9.85. The minimum atomic E-state index is -0.133. The zero-order valence-corrected chi connectivity index (χ0v) is 19.5. The zero-order valence-electron chi connectivity index (χ0n) is 18.7. The van der Waals surface area contributed by atoms with Crippen molar-refractivity contribution in [1.82, 2.24) is 10.2 Å². The lowest BCUT2D eigenvalue weighted by atomic mass is 9.71. The Morgan fingerprint density at radius 2 is 1.88 bits per heavy atom. The summed E-state index contributed by atoms with van der Waals surface area (Å²) in [7, 11) is 1.79. The van der Waals surface area contributed by atoms with E-state index in [4.69, 9.17) is 4.74 Å². The number of hydrogen-bond acceptors (Lipinski definition) is 4. The molecule has 32 heavy (non-hydrogen) atoms. The third-order valence-electron chi connectivity index (χ3n) is 7.41. The van der Waals surface area contributed by atoms with Gasteiger partial charge < -0.3 is 10.1 Å². The van der Waals surface area contributed by atoms with Crippen molar-refractivity contribution in [1.29, 1.82) is 0 Å². The quantitative estimate of drug-likeness (QED) is 0.594. The normalized spacial score (nSPS) is 22.1. The van der Waals surface area contributed by atoms with E-state index in [1.54, 1.807) is 18.4 Å². The van der Waals surface area contributed by atoms with E-state index in [0.29, 0.717) is 0 Å². The molecule has 1 N–H and O–H groups in total. The SMILES string of the molecule is CO[C@H]1[C@H](NC(=O)c2ccsc2)c2ccccc2C12CCN(Cc1ccccc1C)CC2. The molecule has 1 amide bonds. The van der Waals surface area contributed by atoms with Crippen molar-refractivity contribution in [3.05, 3.63) is 93.2 Å². The predicted molar refractivity (Wildman–Crippen MR) is 129 cm³/mol. The highest BCUT2D eigenvalue weighted by atomic mass is 32.1. The number of nitrogens with one attached hydrogen (secondary N) is 1. The fourth-order valence-corrected chi connectivity index (χ4v) is 6.32. The van der Waals surface area contributed by atoms with Crippen LogP contribution in [-0.2, 0) is 16.7 Å². The third-order valence-corrected chi connectivity index (χ3v) is 8.09. The Morgan fingerprint density at radius 3 is 2.59 bits per heavy atom. The molecule has 2 heterocycles. The van der Waals surface area contributed by atoms with Crippen molar-refractivity contribution >= 4 is 17.2 Å². The van der Waals surface area contributed by atoms with Crippen molar-refractivity contribution in [2.75, 3.05) is 20.2 Å². The maximum absolute atomic E-state index is 12.9. The molecule has 1 aliphatic carbocycles. The van der Waals surface area contributed by atoms with E-state index in [-0.39, 0.29) is 23.5 Å². The van der Waals surface area contributed by atoms with Crippen molar-refractivity contribution in [2.24, 2.45) is 0 Å². The molecule has 2 atom stereocenters. The highest BCUT2D eigenvalue weighted by Gasteiger charge is 2.53. The van der Waals surface area contributed by atoms with Gasteiger partial charge in [0.1, 0.15) is 0 Å². The molecule has 1 aromatic heterocycles. The van der Waals surface area contributed by atoms with Gasteiger partial charge in [-0.25, -0.2) is 0 Å². The van der Waals surface area contributed by atoms with Gasteiger partial charge in [0.05, 0.1) is 17.7 Å². The molecule has 3 aromatic rings. The lowest BCUT2D eigenvalue weighted by molar-refractivity contribution is -0.0122. The number of benzene rings is 2. The maximum Gasteiger partial charge on any atom is 0.252 e. The summed E-state index contributed by atoms with van der Waals surface area (Å²) < 4.78 is 6.16. The second-order valence-electron chi connectivity index (χ2n) is 9.07. The number of ether oxygens (including phenoxy) is 1. The van der Waals surface area contributed by atoms with Gasteiger partial charge in [0.25, 0.3) is 5.91 Å². The van der Waals surface area contributed by atoms with E-state index in [2.05, 4.69) is 65.7 Å². The Labute approximate surface area is 194 Å². The van der Waals surface area contributed by atoms with Gasteiger partial charge in [0, 0.05) is 24.4 Å². The maximum atomic E-state index is 12.9. The van der Waals surface area contributed by atoms with Crippen LogP contribution in [0, 0.1) is 6.92 Å². The van der Waals surface area contributed by atoms with E-state index < -0.39 is 0 Å². The Bertz CT molecular complexity index is 1090. The summed E-state index contributed by atoms with van der Waals surface area (Å²) >= 11 is 1.54. The van der Waals surface area contributed by atoms with Gasteiger partial charge in [-0.2, -0.15) is 11.3 Å². The molecule has 1 spiro atoms. The van der Waals surface area contributed by atoms with Gasteiger partial charge in [-0.05, 0) is 66.6 Å². The average molecular weight is 447 g/mol. The van der Waals surface area contributed by atoms with Gasteiger partial charge >= 0.3 is 0 Å². The van der Waals surface area contributed by atoms with Crippen LogP contribution in [0.3, 0.4) is 0 Å². The first-order chi connectivity index (χ1) is 15.6. The number of carbonyl (C=O) groups excluding carboxylic acids is 1. The number of likely N-dealkylation sites (tertiary alicyclic amines) is 1. The molecule has 0 saturated carbocycles. The van der Waals surface area contributed by atoms with Crippen LogP contribution in [-0.4, -0.2) is 37.1 Å². The number of piperidine rings is 1. The molecule has 166 valence electrons. The fraction of sp³-hybridized carbons (Fsp3) is 0.370. The number of thiophene rings is 1. The number of hydrogen-bond donors (Lipinski definition) is 1. The summed E-state index contributed by atoms with van der Waals surface area (Å²) in [6, 6.07) is 19.0. The summed E-state index contributed by atoms with van der Waals surface area (Å²) in [5.41, 5.74) is 5.95. The predicted octanol–water partition coefficient (Wildman–Crippen LogP) is 5.09. The molecule has 4 nitrogen and oxygen atoms in total. The lowest BCUT2D eigenvalue weighted by Crippen LogP contribution is -2.50. The molecule has 2 aliphatic rings. The van der Waals surface area contributed by atoms with E-state index >= 15 is 0 Å². The highest BCUT2D eigenvalue weighted by molar-refractivity contribution is 7.08. The van der Waals surface area contributed by atoms with E-state index in [1.165, 1.54) is 22.3 Å². The van der Waals surface area contributed by atoms with Crippen LogP contribution in [0.2, 0.25) is 0 Å². The molecule has 5 heteroatoms. The van der Waals surface area contributed by atoms with Crippen LogP contribution in [0.5, 0.6) is 0 Å². The Kier molecular flexibility index (Phi) is 5.89. The van der Waals surface area contributed by atoms with Gasteiger partial charge in [0.15, 0.2) is 0 Å². The van der Waals surface area contributed by atoms with Crippen LogP contribution in [0.15, 0.2) is 65.4 Å². The number of aryl methyl sites for hydroxylation is 1. The summed E-state index contributed by atoms with van der Waals surface area (Å²) in [4.78, 5) is 15.5. The zero-order chi connectivity index (χ0) is 22.1. The molecule has 1 saturated heterocycles. The van der Waals surface area contributed by atoms with Crippen LogP contribution >= 0.6 is 11.3 Å². The molecule has 0 radical (unpaired) electrons. The van der Waals surface area contributed by atoms with Crippen molar-refractivity contribution in [3.8, 4) is 0 Å². The third kappa shape index (κ3) is 3.68. The van der Waals surface area contributed by atoms with Crippen molar-refractivity contribution in [2.45, 2.75) is 43.9 Å². The molecule has 0 bridgehead atoms. The molecule has 1 aliphatic heterocycles.